The fourth-order valence-corrected chi connectivity index (χ4v) is 4.55. The Morgan fingerprint density at radius 3 is 2.15 bits per heavy atom. The van der Waals surface area contributed by atoms with Crippen LogP contribution in [0.2, 0.25) is 25.7 Å². The summed E-state index contributed by atoms with van der Waals surface area (Å²) >= 11 is 0. The van der Waals surface area contributed by atoms with Crippen LogP contribution in [0.3, 0.4) is 0 Å². The van der Waals surface area contributed by atoms with Crippen molar-refractivity contribution in [3.8, 4) is 0 Å². The van der Waals surface area contributed by atoms with Crippen molar-refractivity contribution < 1.29 is 22.1 Å². The molecule has 7 heteroatoms. The summed E-state index contributed by atoms with van der Waals surface area (Å²) in [4.78, 5) is 0. The van der Waals surface area contributed by atoms with E-state index in [2.05, 4.69) is 19.6 Å². The van der Waals surface area contributed by atoms with Crippen molar-refractivity contribution in [3.05, 3.63) is 35.6 Å². The summed E-state index contributed by atoms with van der Waals surface area (Å²) in [7, 11) is -5.35. The minimum atomic E-state index is -3.65. The molecule has 0 aliphatic carbocycles. The van der Waals surface area contributed by atoms with Gasteiger partial charge in [-0.15, -0.1) is 0 Å². The Morgan fingerprint density at radius 2 is 1.75 bits per heavy atom. The molecule has 0 aliphatic heterocycles. The molecular weight excluding hydrogens is 299 g/mol. The number of rotatable bonds is 6. The minimum Gasteiger partial charge on any atom is -0.383 e. The second kappa shape index (κ2) is 5.93. The summed E-state index contributed by atoms with van der Waals surface area (Å²) < 4.78 is 40.1. The van der Waals surface area contributed by atoms with Gasteiger partial charge in [0.1, 0.15) is 11.4 Å². The second-order valence-corrected chi connectivity index (χ2v) is 13.4. The van der Waals surface area contributed by atoms with Crippen molar-refractivity contribution in [3.63, 3.8) is 0 Å². The van der Waals surface area contributed by atoms with Crippen LogP contribution < -0.4 is 0 Å². The predicted octanol–water partition coefficient (Wildman–Crippen LogP) is 2.33. The van der Waals surface area contributed by atoms with E-state index >= 15 is 0 Å². The Bertz CT molecular complexity index is 551. The zero-order valence-electron chi connectivity index (χ0n) is 12.2. The van der Waals surface area contributed by atoms with E-state index < -0.39 is 29.6 Å². The lowest BCUT2D eigenvalue weighted by Crippen LogP contribution is -2.40. The van der Waals surface area contributed by atoms with Crippen LogP contribution in [0.5, 0.6) is 0 Å². The van der Waals surface area contributed by atoms with Gasteiger partial charge < -0.3 is 5.11 Å². The minimum absolute atomic E-state index is 0.359. The van der Waals surface area contributed by atoms with E-state index in [1.165, 1.54) is 24.3 Å². The number of hydrogen-bond acceptors (Lipinski definition) is 4. The first-order valence-corrected chi connectivity index (χ1v) is 11.8. The molecule has 0 saturated heterocycles. The molecule has 0 amide bonds. The Morgan fingerprint density at radius 1 is 1.25 bits per heavy atom. The van der Waals surface area contributed by atoms with Gasteiger partial charge in [-0.05, 0) is 23.7 Å². The summed E-state index contributed by atoms with van der Waals surface area (Å²) in [5.41, 5.74) is -0.966. The highest BCUT2D eigenvalue weighted by Gasteiger charge is 2.36. The molecule has 1 rings (SSSR count). The average molecular weight is 320 g/mol. The average Bonchev–Trinajstić information content (AvgIpc) is 2.24. The third-order valence-electron chi connectivity index (χ3n) is 2.72. The van der Waals surface area contributed by atoms with Crippen LogP contribution in [-0.4, -0.2) is 34.5 Å². The van der Waals surface area contributed by atoms with Crippen molar-refractivity contribution in [2.45, 2.75) is 31.3 Å². The number of aliphatic hydroxyl groups is 1. The van der Waals surface area contributed by atoms with Gasteiger partial charge in [-0.3, -0.25) is 4.18 Å². The lowest BCUT2D eigenvalue weighted by molar-refractivity contribution is 0.00889. The Kier molecular flexibility index (Phi) is 5.12. The largest absolute Gasteiger partial charge is 0.383 e. The SMILES string of the molecule is C[Si](C)(C)C[C@](O)(COS(C)(=O)=O)c1ccc(F)cc1. The lowest BCUT2D eigenvalue weighted by Gasteiger charge is -2.33. The maximum atomic E-state index is 13.0. The van der Waals surface area contributed by atoms with Gasteiger partial charge >= 0.3 is 0 Å². The molecule has 1 atom stereocenters. The van der Waals surface area contributed by atoms with Crippen molar-refractivity contribution in [1.29, 1.82) is 0 Å². The molecule has 0 radical (unpaired) electrons. The molecule has 0 aliphatic rings. The van der Waals surface area contributed by atoms with Gasteiger partial charge in [-0.25, -0.2) is 4.39 Å². The molecule has 4 nitrogen and oxygen atoms in total. The quantitative estimate of drug-likeness (QED) is 0.645. The van der Waals surface area contributed by atoms with E-state index in [1.54, 1.807) is 0 Å². The monoisotopic (exact) mass is 320 g/mol. The topological polar surface area (TPSA) is 63.6 Å². The van der Waals surface area contributed by atoms with Gasteiger partial charge in [0.15, 0.2) is 0 Å². The maximum absolute atomic E-state index is 13.0. The highest BCUT2D eigenvalue weighted by Crippen LogP contribution is 2.32. The Balaban J connectivity index is 3.09. The number of benzene rings is 1. The number of hydrogen-bond donors (Lipinski definition) is 1. The summed E-state index contributed by atoms with van der Waals surface area (Å²) in [6.45, 7) is 5.81. The molecule has 0 unspecified atom stereocenters. The zero-order chi connectivity index (χ0) is 15.6. The van der Waals surface area contributed by atoms with E-state index in [1.807, 2.05) is 0 Å². The lowest BCUT2D eigenvalue weighted by atomic mass is 9.97. The highest BCUT2D eigenvalue weighted by atomic mass is 32.2. The van der Waals surface area contributed by atoms with Crippen LogP contribution in [-0.2, 0) is 19.9 Å². The molecule has 0 bridgehead atoms. The molecule has 1 aromatic carbocycles. The maximum Gasteiger partial charge on any atom is 0.264 e. The van der Waals surface area contributed by atoms with Gasteiger partial charge in [0.05, 0.1) is 12.9 Å². The summed E-state index contributed by atoms with van der Waals surface area (Å²) in [6.07, 6.45) is 0.937. The third kappa shape index (κ3) is 5.70. The van der Waals surface area contributed by atoms with Gasteiger partial charge in [0, 0.05) is 8.07 Å². The van der Waals surface area contributed by atoms with E-state index in [4.69, 9.17) is 4.18 Å². The standard InChI is InChI=1S/C13H21FO4SSi/c1-19(16,17)18-9-13(15,10-20(2,3)4)11-5-7-12(14)8-6-11/h5-8,15H,9-10H2,1-4H3/t13-/m1/s1. The fourth-order valence-electron chi connectivity index (χ4n) is 2.08. The normalized spacial score (nSPS) is 15.9. The van der Waals surface area contributed by atoms with E-state index in [0.29, 0.717) is 11.6 Å². The van der Waals surface area contributed by atoms with E-state index in [-0.39, 0.29) is 6.61 Å². The molecule has 1 aromatic rings. The Hall–Kier alpha value is -0.763. The molecule has 0 aromatic heterocycles. The van der Waals surface area contributed by atoms with Crippen molar-refractivity contribution in [2.75, 3.05) is 12.9 Å². The molecule has 114 valence electrons. The first-order chi connectivity index (χ1) is 8.91. The Labute approximate surface area is 120 Å². The molecular formula is C13H21FO4SSi. The smallest absolute Gasteiger partial charge is 0.264 e. The van der Waals surface area contributed by atoms with Crippen LogP contribution in [0.1, 0.15) is 5.56 Å². The fraction of sp³-hybridized carbons (Fsp3) is 0.538. The van der Waals surface area contributed by atoms with Gasteiger partial charge in [0.2, 0.25) is 0 Å². The molecule has 0 fully saturated rings. The summed E-state index contributed by atoms with van der Waals surface area (Å²) in [5.74, 6) is -0.409. The highest BCUT2D eigenvalue weighted by molar-refractivity contribution is 7.85. The van der Waals surface area contributed by atoms with Crippen LogP contribution in [0.15, 0.2) is 24.3 Å². The van der Waals surface area contributed by atoms with Gasteiger partial charge in [-0.1, -0.05) is 31.8 Å². The first-order valence-electron chi connectivity index (χ1n) is 6.24. The van der Waals surface area contributed by atoms with Crippen LogP contribution in [0.25, 0.3) is 0 Å². The van der Waals surface area contributed by atoms with Crippen LogP contribution >= 0.6 is 0 Å². The van der Waals surface area contributed by atoms with Gasteiger partial charge in [0.25, 0.3) is 10.1 Å². The molecule has 1 N–H and O–H groups in total. The van der Waals surface area contributed by atoms with Gasteiger partial charge in [-0.2, -0.15) is 8.42 Å². The zero-order valence-corrected chi connectivity index (χ0v) is 14.0. The third-order valence-corrected chi connectivity index (χ3v) is 4.91. The molecule has 20 heavy (non-hydrogen) atoms. The second-order valence-electron chi connectivity index (χ2n) is 6.24. The summed E-state index contributed by atoms with van der Waals surface area (Å²) in [6, 6.07) is 5.82. The first kappa shape index (κ1) is 17.3. The summed E-state index contributed by atoms with van der Waals surface area (Å²) in [5, 5.41) is 10.8. The van der Waals surface area contributed by atoms with Crippen LogP contribution in [0.4, 0.5) is 4.39 Å². The van der Waals surface area contributed by atoms with Crippen molar-refractivity contribution in [1.82, 2.24) is 0 Å². The molecule has 0 saturated carbocycles. The van der Waals surface area contributed by atoms with E-state index in [9.17, 15) is 17.9 Å². The van der Waals surface area contributed by atoms with E-state index in [0.717, 1.165) is 6.26 Å². The molecule has 0 spiro atoms. The predicted molar refractivity (Wildman–Crippen MR) is 79.2 cm³/mol. The number of halogens is 1. The van der Waals surface area contributed by atoms with Crippen molar-refractivity contribution >= 4 is 18.2 Å². The van der Waals surface area contributed by atoms with Crippen molar-refractivity contribution in [2.24, 2.45) is 0 Å². The molecule has 0 heterocycles. The van der Waals surface area contributed by atoms with Crippen LogP contribution in [0, 0.1) is 5.82 Å².